The normalized spacial score (nSPS) is 14.6. The van der Waals surface area contributed by atoms with Crippen LogP contribution in [-0.2, 0) is 21.2 Å². The van der Waals surface area contributed by atoms with E-state index in [1.54, 1.807) is 25.1 Å². The minimum absolute atomic E-state index is 0.0339. The van der Waals surface area contributed by atoms with E-state index in [4.69, 9.17) is 4.74 Å². The Bertz CT molecular complexity index is 871. The third-order valence-corrected chi connectivity index (χ3v) is 5.93. The first-order valence-electron chi connectivity index (χ1n) is 8.88. The number of benzene rings is 2. The van der Waals surface area contributed by atoms with Gasteiger partial charge in [0, 0.05) is 18.2 Å². The molecule has 0 aromatic heterocycles. The highest BCUT2D eigenvalue weighted by Gasteiger charge is 2.20. The Hall–Kier alpha value is -2.24. The number of sulfone groups is 1. The summed E-state index contributed by atoms with van der Waals surface area (Å²) in [5, 5.41) is -0.632. The van der Waals surface area contributed by atoms with Gasteiger partial charge >= 0.3 is 0 Å². The van der Waals surface area contributed by atoms with Crippen molar-refractivity contribution < 1.29 is 17.9 Å². The lowest BCUT2D eigenvalue weighted by atomic mass is 10.00. The van der Waals surface area contributed by atoms with Gasteiger partial charge in [-0.3, -0.25) is 4.79 Å². The maximum absolute atomic E-state index is 12.6. The Balaban J connectivity index is 2.19. The van der Waals surface area contributed by atoms with Crippen molar-refractivity contribution in [3.05, 3.63) is 83.4 Å². The molecule has 0 bridgehead atoms. The smallest absolute Gasteiger partial charge is 0.165 e. The van der Waals surface area contributed by atoms with Crippen LogP contribution in [0.2, 0.25) is 0 Å². The molecule has 2 rings (SSSR count). The molecule has 0 amide bonds. The number of hydrogen-bond donors (Lipinski definition) is 0. The Kier molecular flexibility index (Phi) is 7.51. The second-order valence-corrected chi connectivity index (χ2v) is 9.13. The average molecular weight is 387 g/mol. The summed E-state index contributed by atoms with van der Waals surface area (Å²) in [6.07, 6.45) is 2.55. The molecule has 144 valence electrons. The predicted molar refractivity (Wildman–Crippen MR) is 108 cm³/mol. The molecule has 5 heteroatoms. The molecule has 0 N–H and O–H groups in total. The van der Waals surface area contributed by atoms with E-state index in [9.17, 15) is 13.2 Å². The number of Topliss-reactive ketones (excluding diaryl/α,β-unsaturated/α-hetero) is 1. The lowest BCUT2D eigenvalue weighted by Crippen LogP contribution is -2.22. The van der Waals surface area contributed by atoms with Crippen molar-refractivity contribution in [1.29, 1.82) is 0 Å². The van der Waals surface area contributed by atoms with Crippen LogP contribution in [0.1, 0.15) is 36.2 Å². The molecule has 2 aromatic carbocycles. The van der Waals surface area contributed by atoms with Gasteiger partial charge in [0.15, 0.2) is 15.6 Å². The van der Waals surface area contributed by atoms with E-state index in [1.165, 1.54) is 6.26 Å². The van der Waals surface area contributed by atoms with Gasteiger partial charge in [0.2, 0.25) is 0 Å². The Morgan fingerprint density at radius 1 is 1.04 bits per heavy atom. The van der Waals surface area contributed by atoms with E-state index < -0.39 is 21.2 Å². The molecule has 0 radical (unpaired) electrons. The van der Waals surface area contributed by atoms with E-state index >= 15 is 0 Å². The molecule has 0 saturated carbocycles. The summed E-state index contributed by atoms with van der Waals surface area (Å²) in [5.41, 5.74) is 2.36. The van der Waals surface area contributed by atoms with Crippen LogP contribution in [0.15, 0.2) is 72.3 Å². The van der Waals surface area contributed by atoms with Crippen molar-refractivity contribution in [2.75, 3.05) is 6.26 Å². The third kappa shape index (κ3) is 6.77. The highest BCUT2D eigenvalue weighted by atomic mass is 32.2. The maximum atomic E-state index is 12.6. The molecule has 0 aliphatic carbocycles. The van der Waals surface area contributed by atoms with E-state index in [0.717, 1.165) is 11.1 Å². The van der Waals surface area contributed by atoms with Crippen molar-refractivity contribution in [2.24, 2.45) is 0 Å². The van der Waals surface area contributed by atoms with Crippen molar-refractivity contribution in [2.45, 2.75) is 38.2 Å². The van der Waals surface area contributed by atoms with Gasteiger partial charge in [-0.1, -0.05) is 66.7 Å². The van der Waals surface area contributed by atoms with E-state index in [-0.39, 0.29) is 12.2 Å². The first-order chi connectivity index (χ1) is 12.8. The van der Waals surface area contributed by atoms with Crippen molar-refractivity contribution in [1.82, 2.24) is 0 Å². The van der Waals surface area contributed by atoms with E-state index in [2.05, 4.69) is 0 Å². The second-order valence-electron chi connectivity index (χ2n) is 6.72. The quantitative estimate of drug-likeness (QED) is 0.478. The molecule has 0 aliphatic rings. The predicted octanol–water partition coefficient (Wildman–Crippen LogP) is 4.22. The van der Waals surface area contributed by atoms with Crippen LogP contribution >= 0.6 is 0 Å². The molecule has 0 heterocycles. The van der Waals surface area contributed by atoms with E-state index in [1.807, 2.05) is 55.5 Å². The van der Waals surface area contributed by atoms with Gasteiger partial charge in [-0.2, -0.15) is 0 Å². The largest absolute Gasteiger partial charge is 0.369 e. The highest BCUT2D eigenvalue weighted by molar-refractivity contribution is 7.91. The zero-order valence-corrected chi connectivity index (χ0v) is 16.8. The van der Waals surface area contributed by atoms with Gasteiger partial charge in [-0.25, -0.2) is 8.42 Å². The molecular formula is C22H26O4S. The van der Waals surface area contributed by atoms with E-state index in [0.29, 0.717) is 12.2 Å². The van der Waals surface area contributed by atoms with Crippen LogP contribution in [0, 0.1) is 0 Å². The summed E-state index contributed by atoms with van der Waals surface area (Å²) in [6.45, 7) is 3.80. The fourth-order valence-corrected chi connectivity index (χ4v) is 3.10. The van der Waals surface area contributed by atoms with Gasteiger partial charge < -0.3 is 4.74 Å². The highest BCUT2D eigenvalue weighted by Crippen LogP contribution is 2.18. The molecule has 2 atom stereocenters. The standard InChI is InChI=1S/C22H26O4S/c1-17(14-18(2)27(3,24)25)22(26-16-19-10-6-4-7-11-19)15-21(23)20-12-8-5-9-13-20/h4-14,18,22H,15-16H2,1-3H3/b17-14-/t18-,22+/m0/s1. The summed E-state index contributed by atoms with van der Waals surface area (Å²) in [4.78, 5) is 12.6. The lowest BCUT2D eigenvalue weighted by molar-refractivity contribution is 0.0530. The van der Waals surface area contributed by atoms with Crippen molar-refractivity contribution >= 4 is 15.6 Å². The summed E-state index contributed by atoms with van der Waals surface area (Å²) in [5.74, 6) is -0.0339. The number of rotatable bonds is 9. The van der Waals surface area contributed by atoms with Gasteiger partial charge in [0.1, 0.15) is 0 Å². The summed E-state index contributed by atoms with van der Waals surface area (Å²) >= 11 is 0. The van der Waals surface area contributed by atoms with Crippen LogP contribution in [0.25, 0.3) is 0 Å². The third-order valence-electron chi connectivity index (χ3n) is 4.44. The second kappa shape index (κ2) is 9.62. The SMILES string of the molecule is C/C(=C/[C@H](C)S(C)(=O)=O)[C@@H](CC(=O)c1ccccc1)OCc1ccccc1. The van der Waals surface area contributed by atoms with Gasteiger partial charge in [0.25, 0.3) is 0 Å². The van der Waals surface area contributed by atoms with Crippen LogP contribution in [0.4, 0.5) is 0 Å². The molecule has 27 heavy (non-hydrogen) atoms. The Morgan fingerprint density at radius 2 is 1.59 bits per heavy atom. The molecule has 0 saturated heterocycles. The van der Waals surface area contributed by atoms with Gasteiger partial charge in [-0.15, -0.1) is 0 Å². The zero-order valence-electron chi connectivity index (χ0n) is 16.0. The average Bonchev–Trinajstić information content (AvgIpc) is 2.65. The Labute approximate surface area is 161 Å². The molecular weight excluding hydrogens is 360 g/mol. The fourth-order valence-electron chi connectivity index (χ4n) is 2.63. The molecule has 0 spiro atoms. The number of ether oxygens (including phenoxy) is 1. The Morgan fingerprint density at radius 3 is 2.15 bits per heavy atom. The van der Waals surface area contributed by atoms with Crippen LogP contribution in [0.3, 0.4) is 0 Å². The van der Waals surface area contributed by atoms with Crippen molar-refractivity contribution in [3.63, 3.8) is 0 Å². The maximum Gasteiger partial charge on any atom is 0.165 e. The fraction of sp³-hybridized carbons (Fsp3) is 0.318. The summed E-state index contributed by atoms with van der Waals surface area (Å²) in [6, 6.07) is 18.7. The molecule has 2 aromatic rings. The van der Waals surface area contributed by atoms with Crippen LogP contribution < -0.4 is 0 Å². The van der Waals surface area contributed by atoms with Crippen LogP contribution in [-0.4, -0.2) is 31.8 Å². The van der Waals surface area contributed by atoms with Gasteiger partial charge in [-0.05, 0) is 25.0 Å². The zero-order chi connectivity index (χ0) is 19.9. The molecule has 0 unspecified atom stereocenters. The number of ketones is 1. The summed E-state index contributed by atoms with van der Waals surface area (Å²) in [7, 11) is -3.20. The molecule has 0 fully saturated rings. The number of carbonyl (C=O) groups is 1. The number of carbonyl (C=O) groups excluding carboxylic acids is 1. The van der Waals surface area contributed by atoms with Crippen molar-refractivity contribution in [3.8, 4) is 0 Å². The van der Waals surface area contributed by atoms with Gasteiger partial charge in [0.05, 0.1) is 18.0 Å². The summed E-state index contributed by atoms with van der Waals surface area (Å²) < 4.78 is 29.5. The number of hydrogen-bond acceptors (Lipinski definition) is 4. The monoisotopic (exact) mass is 386 g/mol. The molecule has 4 nitrogen and oxygen atoms in total. The lowest BCUT2D eigenvalue weighted by Gasteiger charge is -2.20. The first kappa shape index (κ1) is 21.1. The minimum Gasteiger partial charge on any atom is -0.369 e. The first-order valence-corrected chi connectivity index (χ1v) is 10.8. The minimum atomic E-state index is -3.20. The van der Waals surface area contributed by atoms with Crippen LogP contribution in [0.5, 0.6) is 0 Å². The topological polar surface area (TPSA) is 60.4 Å². The molecule has 0 aliphatic heterocycles.